The molecule has 2 aromatic heterocycles. The molecule has 0 atom stereocenters. The van der Waals surface area contributed by atoms with Gasteiger partial charge >= 0.3 is 0 Å². The number of nitrogens with one attached hydrogen (secondary N) is 2. The molecule has 0 radical (unpaired) electrons. The number of carbonyl (C=O) groups excluding carboxylic acids is 2. The first kappa shape index (κ1) is 27.2. The monoisotopic (exact) mass is 538 g/mol. The Labute approximate surface area is 210 Å². The molecule has 0 fully saturated rings. The van der Waals surface area contributed by atoms with E-state index >= 15 is 0 Å². The van der Waals surface area contributed by atoms with Crippen molar-refractivity contribution in [2.75, 3.05) is 18.1 Å². The Morgan fingerprint density at radius 1 is 1.17 bits per heavy atom. The van der Waals surface area contributed by atoms with Gasteiger partial charge in [0.05, 0.1) is 28.2 Å². The molecule has 5 N–H and O–H groups in total. The van der Waals surface area contributed by atoms with Gasteiger partial charge in [-0.2, -0.15) is 0 Å². The van der Waals surface area contributed by atoms with Crippen molar-refractivity contribution in [1.82, 2.24) is 10.3 Å². The molecule has 3 aromatic rings. The molecule has 13 heteroatoms. The zero-order valence-electron chi connectivity index (χ0n) is 19.6. The Morgan fingerprint density at radius 2 is 1.81 bits per heavy atom. The quantitative estimate of drug-likeness (QED) is 0.327. The largest absolute Gasteiger partial charge is 0.386 e. The highest BCUT2D eigenvalue weighted by molar-refractivity contribution is 7.91. The Balaban J connectivity index is 1.95. The summed E-state index contributed by atoms with van der Waals surface area (Å²) in [6.45, 7) is 2.79. The SMILES string of the molecule is CNC(=O)CS(=O)(=O)Cc1cccc(Nc2sc(-c3c(F)cc(C(C)(C)O)cc3F)cc2C(N)=O)n1. The topological polar surface area (TPSA) is 151 Å². The lowest BCUT2D eigenvalue weighted by Crippen LogP contribution is -2.27. The summed E-state index contributed by atoms with van der Waals surface area (Å²) in [6.07, 6.45) is 0. The van der Waals surface area contributed by atoms with Crippen molar-refractivity contribution in [1.29, 1.82) is 0 Å². The van der Waals surface area contributed by atoms with E-state index < -0.39 is 56.0 Å². The van der Waals surface area contributed by atoms with Crippen LogP contribution in [0.3, 0.4) is 0 Å². The number of carbonyl (C=O) groups is 2. The smallest absolute Gasteiger partial charge is 0.251 e. The van der Waals surface area contributed by atoms with Crippen molar-refractivity contribution in [3.8, 4) is 10.4 Å². The number of aromatic nitrogens is 1. The Hall–Kier alpha value is -3.42. The van der Waals surface area contributed by atoms with Crippen molar-refractivity contribution >= 4 is 43.8 Å². The zero-order chi connectivity index (χ0) is 26.8. The lowest BCUT2D eigenvalue weighted by molar-refractivity contribution is -0.118. The van der Waals surface area contributed by atoms with E-state index in [-0.39, 0.29) is 32.5 Å². The Kier molecular flexibility index (Phi) is 7.76. The fourth-order valence-electron chi connectivity index (χ4n) is 3.25. The van der Waals surface area contributed by atoms with Crippen molar-refractivity contribution in [2.45, 2.75) is 25.2 Å². The van der Waals surface area contributed by atoms with Gasteiger partial charge in [-0.3, -0.25) is 9.59 Å². The summed E-state index contributed by atoms with van der Waals surface area (Å²) < 4.78 is 54.1. The highest BCUT2D eigenvalue weighted by atomic mass is 32.2. The van der Waals surface area contributed by atoms with Crippen molar-refractivity contribution in [3.63, 3.8) is 0 Å². The number of benzene rings is 1. The van der Waals surface area contributed by atoms with Gasteiger partial charge < -0.3 is 21.5 Å². The summed E-state index contributed by atoms with van der Waals surface area (Å²) in [7, 11) is -2.46. The van der Waals surface area contributed by atoms with E-state index in [4.69, 9.17) is 5.73 Å². The van der Waals surface area contributed by atoms with Crippen LogP contribution in [0.25, 0.3) is 10.4 Å². The third-order valence-electron chi connectivity index (χ3n) is 5.04. The molecule has 2 heterocycles. The number of aliphatic hydroxyl groups is 1. The number of sulfone groups is 1. The molecule has 9 nitrogen and oxygen atoms in total. The molecular weight excluding hydrogens is 514 g/mol. The second kappa shape index (κ2) is 10.3. The fourth-order valence-corrected chi connectivity index (χ4v) is 5.62. The van der Waals surface area contributed by atoms with Gasteiger partial charge in [-0.05, 0) is 49.7 Å². The first-order chi connectivity index (χ1) is 16.7. The van der Waals surface area contributed by atoms with Gasteiger partial charge in [-0.25, -0.2) is 22.2 Å². The van der Waals surface area contributed by atoms with Crippen molar-refractivity contribution in [2.24, 2.45) is 5.73 Å². The van der Waals surface area contributed by atoms with Crippen molar-refractivity contribution < 1.29 is 31.9 Å². The maximum atomic E-state index is 14.8. The van der Waals surface area contributed by atoms with Gasteiger partial charge in [0.25, 0.3) is 5.91 Å². The van der Waals surface area contributed by atoms with Crippen LogP contribution < -0.4 is 16.4 Å². The third kappa shape index (κ3) is 6.42. The first-order valence-electron chi connectivity index (χ1n) is 10.5. The number of pyridine rings is 1. The molecule has 1 aromatic carbocycles. The van der Waals surface area contributed by atoms with Gasteiger partial charge in [0.15, 0.2) is 9.84 Å². The van der Waals surface area contributed by atoms with Gasteiger partial charge in [0.2, 0.25) is 5.91 Å². The number of hydrogen-bond acceptors (Lipinski definition) is 8. The molecular formula is C23H24F2N4O5S2. The summed E-state index contributed by atoms with van der Waals surface area (Å²) >= 11 is 0.842. The standard InChI is InChI=1S/C23H24F2N4O5S2/c1-23(2,32)12-7-15(24)20(16(25)8-12)17-9-14(21(26)31)22(35-17)29-18-6-4-5-13(28-18)10-36(33,34)11-19(30)27-3/h4-9,32H,10-11H2,1-3H3,(H2,26,31)(H,27,30)(H,28,29). The van der Waals surface area contributed by atoms with Crippen LogP contribution >= 0.6 is 11.3 Å². The summed E-state index contributed by atoms with van der Waals surface area (Å²) in [5.74, 6) is -4.44. The molecule has 0 unspecified atom stereocenters. The van der Waals surface area contributed by atoms with Crippen LogP contribution in [0.5, 0.6) is 0 Å². The van der Waals surface area contributed by atoms with Crippen LogP contribution in [0.2, 0.25) is 0 Å². The molecule has 0 saturated heterocycles. The van der Waals surface area contributed by atoms with Gasteiger partial charge in [0.1, 0.15) is 28.2 Å². The maximum absolute atomic E-state index is 14.8. The number of amides is 2. The highest BCUT2D eigenvalue weighted by Gasteiger charge is 2.25. The number of hydrogen-bond donors (Lipinski definition) is 4. The molecule has 36 heavy (non-hydrogen) atoms. The minimum absolute atomic E-state index is 0.0404. The van der Waals surface area contributed by atoms with E-state index in [1.807, 2.05) is 0 Å². The lowest BCUT2D eigenvalue weighted by Gasteiger charge is -2.18. The molecule has 0 aliphatic rings. The number of thiophene rings is 1. The average Bonchev–Trinajstić information content (AvgIpc) is 3.15. The number of anilines is 2. The Morgan fingerprint density at radius 3 is 2.36 bits per heavy atom. The van der Waals surface area contributed by atoms with Crippen LogP contribution in [0.1, 0.15) is 35.5 Å². The minimum Gasteiger partial charge on any atom is -0.386 e. The summed E-state index contributed by atoms with van der Waals surface area (Å²) in [4.78, 5) is 27.7. The van der Waals surface area contributed by atoms with E-state index in [1.54, 1.807) is 0 Å². The van der Waals surface area contributed by atoms with Gasteiger partial charge in [0, 0.05) is 11.9 Å². The highest BCUT2D eigenvalue weighted by Crippen LogP contribution is 2.40. The van der Waals surface area contributed by atoms with E-state index in [0.717, 1.165) is 23.5 Å². The fraction of sp³-hybridized carbons (Fsp3) is 0.261. The molecule has 0 spiro atoms. The number of nitrogens with zero attached hydrogens (tertiary/aromatic N) is 1. The maximum Gasteiger partial charge on any atom is 0.251 e. The van der Waals surface area contributed by atoms with E-state index in [1.165, 1.54) is 45.2 Å². The van der Waals surface area contributed by atoms with Crippen LogP contribution in [-0.4, -0.2) is 43.1 Å². The molecule has 0 saturated carbocycles. The number of rotatable bonds is 9. The normalized spacial score (nSPS) is 11.8. The van der Waals surface area contributed by atoms with Crippen LogP contribution in [-0.2, 0) is 26.0 Å². The molecule has 2 amide bonds. The zero-order valence-corrected chi connectivity index (χ0v) is 21.2. The van der Waals surface area contributed by atoms with Crippen LogP contribution in [0.15, 0.2) is 36.4 Å². The molecule has 192 valence electrons. The minimum atomic E-state index is -3.79. The Bertz CT molecular complexity index is 1410. The van der Waals surface area contributed by atoms with Crippen molar-refractivity contribution in [3.05, 3.63) is 64.9 Å². The lowest BCUT2D eigenvalue weighted by atomic mass is 9.96. The first-order valence-corrected chi connectivity index (χ1v) is 13.1. The summed E-state index contributed by atoms with van der Waals surface area (Å²) in [5, 5.41) is 15.3. The molecule has 0 aliphatic carbocycles. The second-order valence-corrected chi connectivity index (χ2v) is 11.6. The average molecular weight is 539 g/mol. The summed E-state index contributed by atoms with van der Waals surface area (Å²) in [5.41, 5.74) is 3.72. The van der Waals surface area contributed by atoms with E-state index in [9.17, 15) is 31.9 Å². The molecule has 3 rings (SSSR count). The number of nitrogens with two attached hydrogens (primary N) is 1. The number of primary amides is 1. The molecule has 0 bridgehead atoms. The number of halogens is 2. The molecule has 0 aliphatic heterocycles. The van der Waals surface area contributed by atoms with E-state index in [0.29, 0.717) is 0 Å². The second-order valence-electron chi connectivity index (χ2n) is 8.44. The van der Waals surface area contributed by atoms with Gasteiger partial charge in [-0.1, -0.05) is 6.07 Å². The summed E-state index contributed by atoms with van der Waals surface area (Å²) in [6, 6.07) is 7.74. The van der Waals surface area contributed by atoms with E-state index in [2.05, 4.69) is 15.6 Å². The van der Waals surface area contributed by atoms with Crippen LogP contribution in [0, 0.1) is 11.6 Å². The predicted molar refractivity (Wildman–Crippen MR) is 133 cm³/mol. The van der Waals surface area contributed by atoms with Gasteiger partial charge in [-0.15, -0.1) is 11.3 Å². The third-order valence-corrected chi connectivity index (χ3v) is 7.54. The predicted octanol–water partition coefficient (Wildman–Crippen LogP) is 2.82. The van der Waals surface area contributed by atoms with Crippen LogP contribution in [0.4, 0.5) is 19.6 Å².